The van der Waals surface area contributed by atoms with E-state index < -0.39 is 103 Å². The maximum Gasteiger partial charge on any atom is 0.339 e. The lowest BCUT2D eigenvalue weighted by Crippen LogP contribution is -2.67. The Balaban J connectivity index is 0.000000410. The molecule has 2 aliphatic rings. The molecule has 2 fully saturated rings. The third-order valence-electron chi connectivity index (χ3n) is 17.4. The average molecular weight is 1300 g/mol. The van der Waals surface area contributed by atoms with Crippen LogP contribution in [-0.4, -0.2) is 119 Å². The zero-order chi connectivity index (χ0) is 67.5. The Labute approximate surface area is 540 Å². The molecule has 4 aromatic rings. The molecule has 0 bridgehead atoms. The van der Waals surface area contributed by atoms with E-state index in [1.54, 1.807) is 58.1 Å². The fourth-order valence-corrected chi connectivity index (χ4v) is 17.7. The highest BCUT2D eigenvalue weighted by Gasteiger charge is 2.52. The highest BCUT2D eigenvalue weighted by molar-refractivity contribution is 6.99. The van der Waals surface area contributed by atoms with Gasteiger partial charge in [-0.3, -0.25) is 0 Å². The molecule has 0 aromatic heterocycles. The molecule has 2 saturated heterocycles. The van der Waals surface area contributed by atoms with Crippen LogP contribution in [0.1, 0.15) is 153 Å². The second-order valence-corrected chi connectivity index (χ2v) is 43.8. The summed E-state index contributed by atoms with van der Waals surface area (Å²) in [6.45, 7) is 43.8. The van der Waals surface area contributed by atoms with Gasteiger partial charge in [0.2, 0.25) is 0 Å². The largest absolute Gasteiger partial charge is 0.478 e. The van der Waals surface area contributed by atoms with Gasteiger partial charge >= 0.3 is 11.9 Å². The van der Waals surface area contributed by atoms with E-state index in [4.69, 9.17) is 32.5 Å². The molecule has 17 heteroatoms. The third-order valence-corrected chi connectivity index (χ3v) is 28.8. The van der Waals surface area contributed by atoms with Gasteiger partial charge in [0.25, 0.3) is 8.32 Å². The molecule has 0 saturated carbocycles. The lowest BCUT2D eigenvalue weighted by Gasteiger charge is -2.45. The van der Waals surface area contributed by atoms with E-state index >= 15 is 4.39 Å². The van der Waals surface area contributed by atoms with Crippen LogP contribution in [0.25, 0.3) is 12.2 Å². The number of halogens is 2. The van der Waals surface area contributed by atoms with Gasteiger partial charge in [0.1, 0.15) is 29.9 Å². The van der Waals surface area contributed by atoms with Crippen molar-refractivity contribution in [2.45, 2.75) is 233 Å². The highest BCUT2D eigenvalue weighted by Crippen LogP contribution is 2.42. The van der Waals surface area contributed by atoms with Crippen LogP contribution in [0, 0.1) is 37.3 Å². The molecule has 4 aromatic carbocycles. The standard InChI is InChI=1S/C50H75FO6Si3.C23H31FO6/c1-36(38(3)56-60(49(7,8)9,39-24-19-17-20-25-39)40-26-21-18-22-27-40)31-33-44(57-59(15,16)48(4,5)6)46-43(54-50(10,11)55-46)29-23-28-41-42(51)32-30-37(2)45(41)47(52)53-34-35-58(12,13)14;1-13(15(3)25)10-12-18(26)21-19(29-23(4,5)30-21)8-6-7-16-17(24)11-9-14(2)20(16)22(27)28/h17-28,30-33,36,38,43-44,46H,29,34-35H2,1-16H3;6-7,9-13,15,18-19,21,25-26H,8H2,1-5H3,(H,27,28)/b28-23+,33-31-;7-6+,12-10-/t36-,38+,43+,44?,46+;13-,15+,18?,19+,21-/m11/s1. The predicted molar refractivity (Wildman–Crippen MR) is 367 cm³/mol. The van der Waals surface area contributed by atoms with Crippen molar-refractivity contribution < 1.29 is 66.2 Å². The number of rotatable bonds is 25. The van der Waals surface area contributed by atoms with Crippen molar-refractivity contribution in [1.82, 2.24) is 0 Å². The first-order valence-corrected chi connectivity index (χ1v) is 40.4. The lowest BCUT2D eigenvalue weighted by atomic mass is 9.98. The molecule has 10 atom stereocenters. The Bertz CT molecular complexity index is 3080. The summed E-state index contributed by atoms with van der Waals surface area (Å²) in [4.78, 5) is 24.9. The van der Waals surface area contributed by atoms with Crippen LogP contribution >= 0.6 is 0 Å². The minimum atomic E-state index is -2.79. The number of esters is 1. The number of benzene rings is 4. The first kappa shape index (κ1) is 75.7. The molecule has 496 valence electrons. The van der Waals surface area contributed by atoms with Crippen LogP contribution in [0.4, 0.5) is 8.78 Å². The van der Waals surface area contributed by atoms with Crippen LogP contribution in [0.2, 0.25) is 48.9 Å². The third kappa shape index (κ3) is 20.2. The molecule has 0 aliphatic carbocycles. The average Bonchev–Trinajstić information content (AvgIpc) is 1.00. The minimum absolute atomic E-state index is 0.00317. The van der Waals surface area contributed by atoms with E-state index in [9.17, 15) is 29.3 Å². The molecule has 2 heterocycles. The topological polar surface area (TPSA) is 159 Å². The number of hydrogen-bond acceptors (Lipinski definition) is 11. The number of carboxylic acids is 1. The van der Waals surface area contributed by atoms with Crippen molar-refractivity contribution >= 4 is 59.2 Å². The van der Waals surface area contributed by atoms with Crippen LogP contribution in [0.5, 0.6) is 0 Å². The number of aliphatic hydroxyl groups is 2. The Kier molecular flexibility index (Phi) is 26.3. The van der Waals surface area contributed by atoms with Crippen molar-refractivity contribution in [3.63, 3.8) is 0 Å². The highest BCUT2D eigenvalue weighted by atomic mass is 28.4. The minimum Gasteiger partial charge on any atom is -0.478 e. The van der Waals surface area contributed by atoms with Gasteiger partial charge in [-0.25, -0.2) is 18.4 Å². The molecule has 6 rings (SSSR count). The molecule has 0 amide bonds. The van der Waals surface area contributed by atoms with Gasteiger partial charge in [-0.2, -0.15) is 0 Å². The van der Waals surface area contributed by atoms with Crippen LogP contribution < -0.4 is 10.4 Å². The summed E-state index contributed by atoms with van der Waals surface area (Å²) < 4.78 is 75.1. The molecule has 0 radical (unpaired) electrons. The van der Waals surface area contributed by atoms with Crippen molar-refractivity contribution in [3.05, 3.63) is 166 Å². The first-order chi connectivity index (χ1) is 41.6. The maximum absolute atomic E-state index is 15.5. The zero-order valence-corrected chi connectivity index (χ0v) is 60.6. The molecule has 90 heavy (non-hydrogen) atoms. The summed E-state index contributed by atoms with van der Waals surface area (Å²) in [5, 5.41) is 31.8. The summed E-state index contributed by atoms with van der Waals surface area (Å²) in [6, 6.07) is 28.0. The molecular formula is C73H106F2O12Si3. The SMILES string of the molecule is Cc1ccc(F)c(/C=C/C[C@@H]2OC(C)(C)O[C@@H]2C(/C=C\[C@@H](C)[C@H](C)O[Si](c2ccccc2)(c2ccccc2)C(C)(C)C)O[Si](C)(C)C(C)(C)C)c1C(=O)OCC[Si](C)(C)C.Cc1ccc(F)c(/C=C/C[C@@H]2OC(C)(C)O[C@@H]2C(O)/C=C\[C@@H](C)[C@H](C)O)c1C(=O)O. The van der Waals surface area contributed by atoms with Crippen molar-refractivity contribution in [2.75, 3.05) is 6.61 Å². The fourth-order valence-electron chi connectivity index (χ4n) is 10.9. The molecule has 12 nitrogen and oxygen atoms in total. The van der Waals surface area contributed by atoms with E-state index in [1.807, 2.05) is 33.8 Å². The van der Waals surface area contributed by atoms with E-state index in [1.165, 1.54) is 34.6 Å². The van der Waals surface area contributed by atoms with E-state index in [0.29, 0.717) is 24.2 Å². The Morgan fingerprint density at radius 2 is 1.07 bits per heavy atom. The summed E-state index contributed by atoms with van der Waals surface area (Å²) in [5.41, 5.74) is 1.54. The molecule has 2 unspecified atom stereocenters. The van der Waals surface area contributed by atoms with E-state index in [2.05, 4.69) is 161 Å². The van der Waals surface area contributed by atoms with Crippen molar-refractivity contribution in [1.29, 1.82) is 0 Å². The zero-order valence-electron chi connectivity index (χ0n) is 57.6. The second-order valence-electron chi connectivity index (χ2n) is 29.2. The van der Waals surface area contributed by atoms with Gasteiger partial charge < -0.3 is 47.9 Å². The smallest absolute Gasteiger partial charge is 0.339 e. The monoisotopic (exact) mass is 1300 g/mol. The summed E-state index contributed by atoms with van der Waals surface area (Å²) in [5.74, 6) is -4.68. The Hall–Kier alpha value is -5.03. The quantitative estimate of drug-likeness (QED) is 0.0328. The van der Waals surface area contributed by atoms with E-state index in [0.717, 1.165) is 6.04 Å². The van der Waals surface area contributed by atoms with E-state index in [-0.39, 0.29) is 56.7 Å². The van der Waals surface area contributed by atoms with Crippen molar-refractivity contribution in [3.8, 4) is 0 Å². The number of hydrogen-bond donors (Lipinski definition) is 3. The number of carbonyl (C=O) groups is 2. The first-order valence-electron chi connectivity index (χ1n) is 31.8. The number of aliphatic hydroxyl groups excluding tert-OH is 2. The van der Waals surface area contributed by atoms with Gasteiger partial charge in [-0.1, -0.05) is 196 Å². The Morgan fingerprint density at radius 3 is 1.52 bits per heavy atom. The number of aromatic carboxylic acids is 1. The summed E-state index contributed by atoms with van der Waals surface area (Å²) in [6.07, 6.45) is 10.9. The van der Waals surface area contributed by atoms with Gasteiger partial charge in [-0.05, 0) is 143 Å². The van der Waals surface area contributed by atoms with Crippen LogP contribution in [-0.2, 0) is 32.5 Å². The predicted octanol–water partition coefficient (Wildman–Crippen LogP) is 15.8. The normalized spacial score (nSPS) is 21.1. The van der Waals surface area contributed by atoms with Gasteiger partial charge in [0, 0.05) is 25.3 Å². The molecule has 0 spiro atoms. The number of carbonyl (C=O) groups excluding carboxylic acids is 1. The summed E-state index contributed by atoms with van der Waals surface area (Å²) in [7, 11) is -6.54. The molecule has 3 N–H and O–H groups in total. The van der Waals surface area contributed by atoms with Crippen LogP contribution in [0.3, 0.4) is 0 Å². The summed E-state index contributed by atoms with van der Waals surface area (Å²) >= 11 is 0. The van der Waals surface area contributed by atoms with Gasteiger partial charge in [-0.15, -0.1) is 0 Å². The molecular weight excluding hydrogens is 1190 g/mol. The second kappa shape index (κ2) is 31.3. The number of carboxylic acid groups (broad SMARTS) is 1. The van der Waals surface area contributed by atoms with Crippen LogP contribution in [0.15, 0.2) is 121 Å². The maximum atomic E-state index is 15.5. The fraction of sp³-hybridized carbons (Fsp3) is 0.534. The lowest BCUT2D eigenvalue weighted by molar-refractivity contribution is -0.152. The Morgan fingerprint density at radius 1 is 0.611 bits per heavy atom. The number of ether oxygens (including phenoxy) is 5. The van der Waals surface area contributed by atoms with Gasteiger partial charge in [0.15, 0.2) is 19.9 Å². The number of aryl methyl sites for hydroxylation is 2. The van der Waals surface area contributed by atoms with Gasteiger partial charge in [0.05, 0.1) is 42.1 Å². The van der Waals surface area contributed by atoms with Crippen molar-refractivity contribution in [2.24, 2.45) is 11.8 Å². The molecule has 2 aliphatic heterocycles.